The Morgan fingerprint density at radius 2 is 1.76 bits per heavy atom. The third-order valence-corrected chi connectivity index (χ3v) is 7.90. The zero-order valence-electron chi connectivity index (χ0n) is 16.7. The van der Waals surface area contributed by atoms with Gasteiger partial charge in [0.05, 0.1) is 24.8 Å². The number of benzene rings is 3. The van der Waals surface area contributed by atoms with Crippen LogP contribution in [-0.4, -0.2) is 19.3 Å². The fourth-order valence-electron chi connectivity index (χ4n) is 4.30. The van der Waals surface area contributed by atoms with E-state index < -0.39 is 8.07 Å². The maximum absolute atomic E-state index is 6.40. The van der Waals surface area contributed by atoms with Crippen molar-refractivity contribution in [3.63, 3.8) is 0 Å². The highest BCUT2D eigenvalue weighted by molar-refractivity contribution is 6.88. The van der Waals surface area contributed by atoms with E-state index in [4.69, 9.17) is 14.4 Å². The minimum Gasteiger partial charge on any atom is -0.455 e. The van der Waals surface area contributed by atoms with Gasteiger partial charge in [-0.2, -0.15) is 0 Å². The molecule has 0 unspecified atom stereocenters. The molecule has 0 saturated carbocycles. The monoisotopic (exact) mass is 392 g/mol. The van der Waals surface area contributed by atoms with E-state index in [1.807, 2.05) is 12.4 Å². The molecule has 1 aliphatic heterocycles. The first-order valence-electron chi connectivity index (χ1n) is 9.93. The van der Waals surface area contributed by atoms with Crippen LogP contribution in [0.5, 0.6) is 0 Å². The van der Waals surface area contributed by atoms with Crippen molar-refractivity contribution in [3.8, 4) is 11.3 Å². The number of hydrogen-bond donors (Lipinski definition) is 0. The molecule has 3 nitrogen and oxygen atoms in total. The first-order valence-corrected chi connectivity index (χ1v) is 13.4. The summed E-state index contributed by atoms with van der Waals surface area (Å²) in [5.41, 5.74) is 5.93. The van der Waals surface area contributed by atoms with Gasteiger partial charge in [0.25, 0.3) is 0 Å². The summed E-state index contributed by atoms with van der Waals surface area (Å²) in [5, 5.41) is 5.93. The second kappa shape index (κ2) is 5.64. The quantitative estimate of drug-likeness (QED) is 0.319. The average molecular weight is 393 g/mol. The molecule has 0 amide bonds. The Kier molecular flexibility index (Phi) is 3.25. The van der Waals surface area contributed by atoms with Crippen molar-refractivity contribution >= 4 is 57.9 Å². The van der Waals surface area contributed by atoms with Crippen LogP contribution in [0.2, 0.25) is 19.6 Å². The molecule has 6 rings (SSSR count). The van der Waals surface area contributed by atoms with Gasteiger partial charge < -0.3 is 4.42 Å². The molecule has 0 radical (unpaired) electrons. The summed E-state index contributed by atoms with van der Waals surface area (Å²) in [5.74, 6) is 0. The van der Waals surface area contributed by atoms with Crippen LogP contribution in [0, 0.1) is 0 Å². The van der Waals surface area contributed by atoms with Gasteiger partial charge in [-0.25, -0.2) is 0 Å². The SMILES string of the molecule is C[Si](C)(C)c1ccc(-c2cccc3c2oc2cc4cccc5c4c(c23)N=C5)nc1. The molecule has 0 bridgehead atoms. The lowest BCUT2D eigenvalue weighted by molar-refractivity contribution is 0.670. The fraction of sp³-hybridized carbons (Fsp3) is 0.120. The van der Waals surface area contributed by atoms with E-state index in [0.29, 0.717) is 0 Å². The predicted octanol–water partition coefficient (Wildman–Crippen LogP) is 6.41. The number of nitrogens with zero attached hydrogens (tertiary/aromatic N) is 2. The second-order valence-electron chi connectivity index (χ2n) is 8.77. The summed E-state index contributed by atoms with van der Waals surface area (Å²) in [6.07, 6.45) is 3.99. The third-order valence-electron chi connectivity index (χ3n) is 5.87. The number of aliphatic imine (C=N–C) groups is 1. The first-order chi connectivity index (χ1) is 14.0. The smallest absolute Gasteiger partial charge is 0.144 e. The molecule has 4 heteroatoms. The minimum atomic E-state index is -1.37. The van der Waals surface area contributed by atoms with E-state index in [2.05, 4.69) is 74.2 Å². The molecule has 1 aliphatic rings. The maximum Gasteiger partial charge on any atom is 0.144 e. The molecule has 0 saturated heterocycles. The van der Waals surface area contributed by atoms with Crippen molar-refractivity contribution < 1.29 is 4.42 Å². The summed E-state index contributed by atoms with van der Waals surface area (Å²) in [7, 11) is -1.37. The molecule has 3 aromatic carbocycles. The van der Waals surface area contributed by atoms with Crippen LogP contribution in [0.1, 0.15) is 5.56 Å². The molecule has 0 atom stereocenters. The van der Waals surface area contributed by atoms with E-state index in [9.17, 15) is 0 Å². The number of furan rings is 1. The Morgan fingerprint density at radius 1 is 0.897 bits per heavy atom. The van der Waals surface area contributed by atoms with E-state index in [1.54, 1.807) is 0 Å². The van der Waals surface area contributed by atoms with Crippen molar-refractivity contribution in [2.45, 2.75) is 19.6 Å². The zero-order valence-corrected chi connectivity index (χ0v) is 17.7. The second-order valence-corrected chi connectivity index (χ2v) is 13.8. The van der Waals surface area contributed by atoms with E-state index in [-0.39, 0.29) is 0 Å². The Bertz CT molecular complexity index is 1470. The van der Waals surface area contributed by atoms with Gasteiger partial charge >= 0.3 is 0 Å². The summed E-state index contributed by atoms with van der Waals surface area (Å²) in [4.78, 5) is 9.53. The number of aromatic nitrogens is 1. The number of hydrogen-bond acceptors (Lipinski definition) is 3. The molecular formula is C25H20N2OSi. The highest BCUT2D eigenvalue weighted by atomic mass is 28.3. The van der Waals surface area contributed by atoms with Crippen molar-refractivity contribution in [1.82, 2.24) is 4.98 Å². The number of fused-ring (bicyclic) bond motifs is 4. The largest absolute Gasteiger partial charge is 0.455 e. The van der Waals surface area contributed by atoms with Gasteiger partial charge in [-0.05, 0) is 28.8 Å². The van der Waals surface area contributed by atoms with Crippen LogP contribution in [0.4, 0.5) is 5.69 Å². The van der Waals surface area contributed by atoms with Crippen LogP contribution in [-0.2, 0) is 0 Å². The van der Waals surface area contributed by atoms with Gasteiger partial charge in [-0.1, -0.05) is 56.0 Å². The van der Waals surface area contributed by atoms with Crippen LogP contribution < -0.4 is 5.19 Å². The lowest BCUT2D eigenvalue weighted by Gasteiger charge is -2.16. The van der Waals surface area contributed by atoms with Crippen LogP contribution in [0.15, 0.2) is 70.2 Å². The lowest BCUT2D eigenvalue weighted by Crippen LogP contribution is -2.37. The molecule has 5 aromatic rings. The Hall–Kier alpha value is -3.24. The summed E-state index contributed by atoms with van der Waals surface area (Å²) >= 11 is 0. The van der Waals surface area contributed by atoms with E-state index in [1.165, 1.54) is 21.5 Å². The number of para-hydroxylation sites is 1. The van der Waals surface area contributed by atoms with Gasteiger partial charge in [0.1, 0.15) is 11.2 Å². The number of pyridine rings is 1. The zero-order chi connectivity index (χ0) is 19.8. The van der Waals surface area contributed by atoms with Crippen molar-refractivity contribution in [1.29, 1.82) is 0 Å². The third kappa shape index (κ3) is 2.36. The Morgan fingerprint density at radius 3 is 2.55 bits per heavy atom. The summed E-state index contributed by atoms with van der Waals surface area (Å²) in [6.45, 7) is 7.02. The standard InChI is InChI=1S/C25H20N2OSi/c1-29(2,3)17-10-11-20(26-14-17)18-8-5-9-19-23-21(28-25(18)19)12-15-6-4-7-16-13-27-24(23)22(15)16/h4-14H,1-3H3. The van der Waals surface area contributed by atoms with E-state index in [0.717, 1.165) is 38.9 Å². The molecule has 0 spiro atoms. The number of rotatable bonds is 2. The van der Waals surface area contributed by atoms with Crippen LogP contribution >= 0.6 is 0 Å². The van der Waals surface area contributed by atoms with Crippen molar-refractivity contribution in [2.24, 2.45) is 4.99 Å². The molecule has 0 aliphatic carbocycles. The van der Waals surface area contributed by atoms with Crippen molar-refractivity contribution in [3.05, 3.63) is 66.4 Å². The topological polar surface area (TPSA) is 38.4 Å². The Balaban J connectivity index is 1.64. The van der Waals surface area contributed by atoms with Crippen molar-refractivity contribution in [2.75, 3.05) is 0 Å². The van der Waals surface area contributed by atoms with E-state index >= 15 is 0 Å². The molecule has 2 aromatic heterocycles. The molecule has 29 heavy (non-hydrogen) atoms. The maximum atomic E-state index is 6.40. The lowest BCUT2D eigenvalue weighted by atomic mass is 10.0. The van der Waals surface area contributed by atoms with Gasteiger partial charge in [0.2, 0.25) is 0 Å². The highest BCUT2D eigenvalue weighted by Crippen LogP contribution is 2.45. The Labute approximate surface area is 169 Å². The predicted molar refractivity (Wildman–Crippen MR) is 125 cm³/mol. The normalized spacial score (nSPS) is 13.2. The van der Waals surface area contributed by atoms with Gasteiger partial charge in [0.15, 0.2) is 0 Å². The average Bonchev–Trinajstić information content (AvgIpc) is 3.30. The van der Waals surface area contributed by atoms with Crippen LogP contribution in [0.3, 0.4) is 0 Å². The minimum absolute atomic E-state index is 0.880. The van der Waals surface area contributed by atoms with Gasteiger partial charge in [0, 0.05) is 34.3 Å². The fourth-order valence-corrected chi connectivity index (χ4v) is 5.34. The first kappa shape index (κ1) is 16.7. The molecule has 0 fully saturated rings. The van der Waals surface area contributed by atoms with Crippen LogP contribution in [0.25, 0.3) is 44.0 Å². The molecule has 3 heterocycles. The van der Waals surface area contributed by atoms with Gasteiger partial charge in [-0.3, -0.25) is 9.98 Å². The van der Waals surface area contributed by atoms with Gasteiger partial charge in [-0.15, -0.1) is 0 Å². The summed E-state index contributed by atoms with van der Waals surface area (Å²) < 4.78 is 6.40. The molecular weight excluding hydrogens is 372 g/mol. The highest BCUT2D eigenvalue weighted by Gasteiger charge is 2.21. The molecule has 140 valence electrons. The summed E-state index contributed by atoms with van der Waals surface area (Å²) in [6, 6.07) is 19.1. The molecule has 0 N–H and O–H groups in total.